The Morgan fingerprint density at radius 3 is 2.50 bits per heavy atom. The van der Waals surface area contributed by atoms with Gasteiger partial charge in [0.2, 0.25) is 0 Å². The third-order valence-electron chi connectivity index (χ3n) is 2.56. The highest BCUT2D eigenvalue weighted by Gasteiger charge is 2.20. The van der Waals surface area contributed by atoms with Gasteiger partial charge in [-0.25, -0.2) is 0 Å². The van der Waals surface area contributed by atoms with Crippen LogP contribution in [0.3, 0.4) is 0 Å². The highest BCUT2D eigenvalue weighted by atomic mass is 16.3. The summed E-state index contributed by atoms with van der Waals surface area (Å²) < 4.78 is 2.04. The standard InChI is InChI=1S/C12H15NO/c1-12(2,14)10-8-13(3)11-7-5-4-6-9(10)11/h4-8,14H,1-3H3. The molecule has 0 bridgehead atoms. The number of aromatic nitrogens is 1. The molecule has 2 aromatic rings. The molecule has 0 saturated heterocycles. The zero-order chi connectivity index (χ0) is 10.3. The lowest BCUT2D eigenvalue weighted by Gasteiger charge is -2.15. The number of aliphatic hydroxyl groups is 1. The minimum atomic E-state index is -0.777. The Bertz CT molecular complexity index is 463. The van der Waals surface area contributed by atoms with E-state index in [1.165, 1.54) is 0 Å². The first-order chi connectivity index (χ1) is 6.50. The van der Waals surface area contributed by atoms with Crippen molar-refractivity contribution >= 4 is 10.9 Å². The summed E-state index contributed by atoms with van der Waals surface area (Å²) in [6, 6.07) is 8.11. The predicted octanol–water partition coefficient (Wildman–Crippen LogP) is 2.41. The van der Waals surface area contributed by atoms with Gasteiger partial charge in [-0.2, -0.15) is 0 Å². The van der Waals surface area contributed by atoms with E-state index in [-0.39, 0.29) is 0 Å². The average molecular weight is 189 g/mol. The van der Waals surface area contributed by atoms with Crippen LogP contribution in [0.1, 0.15) is 19.4 Å². The van der Waals surface area contributed by atoms with E-state index >= 15 is 0 Å². The van der Waals surface area contributed by atoms with Crippen LogP contribution in [0.15, 0.2) is 30.5 Å². The van der Waals surface area contributed by atoms with E-state index in [0.717, 1.165) is 16.5 Å². The quantitative estimate of drug-likeness (QED) is 0.732. The van der Waals surface area contributed by atoms with E-state index in [1.807, 2.05) is 49.9 Å². The molecular formula is C12H15NO. The second kappa shape index (κ2) is 2.85. The lowest BCUT2D eigenvalue weighted by Crippen LogP contribution is -2.14. The number of nitrogens with zero attached hydrogens (tertiary/aromatic N) is 1. The maximum Gasteiger partial charge on any atom is 0.0861 e. The van der Waals surface area contributed by atoms with Crippen LogP contribution in [0.2, 0.25) is 0 Å². The van der Waals surface area contributed by atoms with E-state index in [2.05, 4.69) is 6.07 Å². The maximum atomic E-state index is 9.99. The van der Waals surface area contributed by atoms with E-state index in [0.29, 0.717) is 0 Å². The van der Waals surface area contributed by atoms with E-state index < -0.39 is 5.60 Å². The monoisotopic (exact) mass is 189 g/mol. The third-order valence-corrected chi connectivity index (χ3v) is 2.56. The largest absolute Gasteiger partial charge is 0.386 e. The fourth-order valence-electron chi connectivity index (χ4n) is 1.83. The van der Waals surface area contributed by atoms with Crippen LogP contribution in [0.5, 0.6) is 0 Å². The molecule has 0 saturated carbocycles. The van der Waals surface area contributed by atoms with Crippen molar-refractivity contribution in [2.45, 2.75) is 19.4 Å². The summed E-state index contributed by atoms with van der Waals surface area (Å²) in [6.45, 7) is 3.63. The van der Waals surface area contributed by atoms with Gasteiger partial charge in [-0.3, -0.25) is 0 Å². The summed E-state index contributed by atoms with van der Waals surface area (Å²) in [5, 5.41) is 11.1. The molecule has 0 aliphatic heterocycles. The van der Waals surface area contributed by atoms with E-state index in [1.54, 1.807) is 0 Å². The molecule has 0 radical (unpaired) electrons. The molecule has 0 unspecified atom stereocenters. The average Bonchev–Trinajstić information content (AvgIpc) is 2.44. The number of fused-ring (bicyclic) bond motifs is 1. The van der Waals surface area contributed by atoms with Crippen molar-refractivity contribution < 1.29 is 5.11 Å². The summed E-state index contributed by atoms with van der Waals surface area (Å²) in [7, 11) is 2.00. The van der Waals surface area contributed by atoms with Crippen molar-refractivity contribution in [3.63, 3.8) is 0 Å². The molecule has 0 aliphatic rings. The van der Waals surface area contributed by atoms with Crippen molar-refractivity contribution in [1.82, 2.24) is 4.57 Å². The molecular weight excluding hydrogens is 174 g/mol. The Labute approximate surface area is 83.8 Å². The van der Waals surface area contributed by atoms with Crippen molar-refractivity contribution in [2.24, 2.45) is 7.05 Å². The van der Waals surface area contributed by atoms with Crippen molar-refractivity contribution in [3.05, 3.63) is 36.0 Å². The summed E-state index contributed by atoms with van der Waals surface area (Å²) in [4.78, 5) is 0. The Balaban J connectivity index is 2.80. The van der Waals surface area contributed by atoms with Gasteiger partial charge in [-0.05, 0) is 19.9 Å². The number of hydrogen-bond acceptors (Lipinski definition) is 1. The van der Waals surface area contributed by atoms with Crippen LogP contribution in [0.4, 0.5) is 0 Å². The van der Waals surface area contributed by atoms with Gasteiger partial charge in [0.1, 0.15) is 0 Å². The molecule has 1 heterocycles. The molecule has 0 spiro atoms. The van der Waals surface area contributed by atoms with Gasteiger partial charge in [0, 0.05) is 29.7 Å². The lowest BCUT2D eigenvalue weighted by atomic mass is 9.98. The first-order valence-corrected chi connectivity index (χ1v) is 4.77. The molecule has 14 heavy (non-hydrogen) atoms. The molecule has 1 N–H and O–H groups in total. The van der Waals surface area contributed by atoms with Crippen molar-refractivity contribution in [2.75, 3.05) is 0 Å². The van der Waals surface area contributed by atoms with Crippen LogP contribution in [-0.4, -0.2) is 9.67 Å². The number of rotatable bonds is 1. The third kappa shape index (κ3) is 1.32. The predicted molar refractivity (Wildman–Crippen MR) is 58.2 cm³/mol. The normalized spacial score (nSPS) is 12.3. The van der Waals surface area contributed by atoms with E-state index in [4.69, 9.17) is 0 Å². The van der Waals surface area contributed by atoms with E-state index in [9.17, 15) is 5.11 Å². The number of aryl methyl sites for hydroxylation is 1. The van der Waals surface area contributed by atoms with Crippen molar-refractivity contribution in [1.29, 1.82) is 0 Å². The maximum absolute atomic E-state index is 9.99. The fraction of sp³-hybridized carbons (Fsp3) is 0.333. The Hall–Kier alpha value is -1.28. The van der Waals surface area contributed by atoms with Gasteiger partial charge in [0.05, 0.1) is 5.60 Å². The van der Waals surface area contributed by atoms with Gasteiger partial charge in [-0.15, -0.1) is 0 Å². The molecule has 0 fully saturated rings. The number of benzene rings is 1. The van der Waals surface area contributed by atoms with Crippen LogP contribution < -0.4 is 0 Å². The lowest BCUT2D eigenvalue weighted by molar-refractivity contribution is 0.0800. The molecule has 0 aliphatic carbocycles. The molecule has 2 nitrogen and oxygen atoms in total. The second-order valence-electron chi connectivity index (χ2n) is 4.23. The van der Waals surface area contributed by atoms with Gasteiger partial charge >= 0.3 is 0 Å². The number of hydrogen-bond donors (Lipinski definition) is 1. The van der Waals surface area contributed by atoms with Crippen LogP contribution in [0.25, 0.3) is 10.9 Å². The molecule has 2 rings (SSSR count). The minimum absolute atomic E-state index is 0.777. The van der Waals surface area contributed by atoms with Crippen LogP contribution in [0, 0.1) is 0 Å². The molecule has 0 atom stereocenters. The van der Waals surface area contributed by atoms with Gasteiger partial charge < -0.3 is 9.67 Å². The highest BCUT2D eigenvalue weighted by molar-refractivity contribution is 5.84. The molecule has 2 heteroatoms. The first kappa shape index (κ1) is 9.28. The first-order valence-electron chi connectivity index (χ1n) is 4.77. The summed E-state index contributed by atoms with van der Waals surface area (Å²) >= 11 is 0. The highest BCUT2D eigenvalue weighted by Crippen LogP contribution is 2.29. The fourth-order valence-corrected chi connectivity index (χ4v) is 1.83. The minimum Gasteiger partial charge on any atom is -0.386 e. The molecule has 1 aromatic heterocycles. The summed E-state index contributed by atoms with van der Waals surface area (Å²) in [5.74, 6) is 0. The Morgan fingerprint density at radius 1 is 1.21 bits per heavy atom. The smallest absolute Gasteiger partial charge is 0.0861 e. The zero-order valence-electron chi connectivity index (χ0n) is 8.78. The molecule has 74 valence electrons. The Kier molecular flexibility index (Phi) is 1.89. The SMILES string of the molecule is Cn1cc(C(C)(C)O)c2ccccc21. The molecule has 1 aromatic carbocycles. The van der Waals surface area contributed by atoms with Gasteiger partial charge in [0.15, 0.2) is 0 Å². The number of para-hydroxylation sites is 1. The summed E-state index contributed by atoms with van der Waals surface area (Å²) in [6.07, 6.45) is 1.99. The topological polar surface area (TPSA) is 25.2 Å². The zero-order valence-corrected chi connectivity index (χ0v) is 8.78. The summed E-state index contributed by atoms with van der Waals surface area (Å²) in [5.41, 5.74) is 1.36. The second-order valence-corrected chi connectivity index (χ2v) is 4.23. The van der Waals surface area contributed by atoms with Gasteiger partial charge in [-0.1, -0.05) is 18.2 Å². The van der Waals surface area contributed by atoms with Gasteiger partial charge in [0.25, 0.3) is 0 Å². The van der Waals surface area contributed by atoms with Crippen LogP contribution >= 0.6 is 0 Å². The Morgan fingerprint density at radius 2 is 1.86 bits per heavy atom. The van der Waals surface area contributed by atoms with Crippen LogP contribution in [-0.2, 0) is 12.6 Å². The molecule has 0 amide bonds. The van der Waals surface area contributed by atoms with Crippen molar-refractivity contribution in [3.8, 4) is 0 Å².